The maximum absolute atomic E-state index is 11.7. The summed E-state index contributed by atoms with van der Waals surface area (Å²) in [7, 11) is 0. The van der Waals surface area contributed by atoms with Gasteiger partial charge < -0.3 is 15.8 Å². The summed E-state index contributed by atoms with van der Waals surface area (Å²) >= 11 is 0. The van der Waals surface area contributed by atoms with Crippen molar-refractivity contribution in [2.75, 3.05) is 0 Å². The number of hydrogen-bond donors (Lipinski definition) is 3. The number of nitrogens with zero attached hydrogens (tertiary/aromatic N) is 3. The first-order valence-electron chi connectivity index (χ1n) is 6.14. The van der Waals surface area contributed by atoms with E-state index in [1.54, 1.807) is 0 Å². The number of rotatable bonds is 6. The van der Waals surface area contributed by atoms with Gasteiger partial charge in [0.25, 0.3) is 0 Å². The molecule has 0 radical (unpaired) electrons. The molecule has 0 aliphatic rings. The Kier molecular flexibility index (Phi) is 4.80. The van der Waals surface area contributed by atoms with Gasteiger partial charge in [0.05, 0.1) is 6.42 Å². The van der Waals surface area contributed by atoms with Crippen molar-refractivity contribution in [2.24, 2.45) is 5.73 Å². The second kappa shape index (κ2) is 6.98. The number of nitrogens with one attached hydrogen (secondary N) is 2. The second-order valence-corrected chi connectivity index (χ2v) is 4.20. The fourth-order valence-electron chi connectivity index (χ4n) is 1.63. The molecule has 1 heterocycles. The lowest BCUT2D eigenvalue weighted by Gasteiger charge is -2.13. The van der Waals surface area contributed by atoms with E-state index < -0.39 is 18.0 Å². The van der Waals surface area contributed by atoms with Gasteiger partial charge in [-0.15, -0.1) is 10.2 Å². The average Bonchev–Trinajstić information content (AvgIpc) is 2.99. The number of amides is 2. The molecule has 0 aliphatic heterocycles. The smallest absolute Gasteiger partial charge is 0.408 e. The number of carbonyl (C=O) groups is 2. The first kappa shape index (κ1) is 14.4. The van der Waals surface area contributed by atoms with Gasteiger partial charge in [-0.2, -0.15) is 5.21 Å². The molecule has 9 heteroatoms. The molecule has 0 saturated heterocycles. The molecule has 1 atom stereocenters. The Balaban J connectivity index is 1.90. The van der Waals surface area contributed by atoms with Crippen LogP contribution in [0.1, 0.15) is 23.9 Å². The van der Waals surface area contributed by atoms with Gasteiger partial charge in [-0.1, -0.05) is 35.5 Å². The Bertz CT molecular complexity index is 586. The number of ether oxygens (including phenoxy) is 1. The van der Waals surface area contributed by atoms with E-state index in [2.05, 4.69) is 25.9 Å². The van der Waals surface area contributed by atoms with Crippen LogP contribution in [0.25, 0.3) is 0 Å². The minimum absolute atomic E-state index is 0.113. The summed E-state index contributed by atoms with van der Waals surface area (Å²) in [5.74, 6) is -0.446. The third-order valence-electron chi connectivity index (χ3n) is 2.58. The molecular weight excluding hydrogens is 276 g/mol. The molecule has 1 aromatic carbocycles. The highest BCUT2D eigenvalue weighted by Gasteiger charge is 2.21. The normalized spacial score (nSPS) is 11.6. The monoisotopic (exact) mass is 290 g/mol. The molecule has 9 nitrogen and oxygen atoms in total. The van der Waals surface area contributed by atoms with Crippen molar-refractivity contribution in [3.8, 4) is 0 Å². The predicted molar refractivity (Wildman–Crippen MR) is 70.5 cm³/mol. The number of benzene rings is 1. The number of alkyl carbamates (subject to hydrolysis) is 1. The molecule has 0 fully saturated rings. The third-order valence-corrected chi connectivity index (χ3v) is 2.58. The van der Waals surface area contributed by atoms with Crippen LogP contribution in [-0.2, 0) is 16.1 Å². The number of H-pyrrole nitrogens is 1. The maximum Gasteiger partial charge on any atom is 0.408 e. The number of hydrogen-bond acceptors (Lipinski definition) is 6. The van der Waals surface area contributed by atoms with Gasteiger partial charge in [0.1, 0.15) is 12.6 Å². The minimum Gasteiger partial charge on any atom is -0.445 e. The van der Waals surface area contributed by atoms with Crippen molar-refractivity contribution in [3.05, 3.63) is 41.7 Å². The fraction of sp³-hybridized carbons (Fsp3) is 0.250. The molecule has 0 saturated carbocycles. The number of aromatic amines is 1. The largest absolute Gasteiger partial charge is 0.445 e. The predicted octanol–water partition coefficient (Wildman–Crippen LogP) is 0.0426. The summed E-state index contributed by atoms with van der Waals surface area (Å²) in [5, 5.41) is 15.5. The lowest BCUT2D eigenvalue weighted by molar-refractivity contribution is -0.118. The summed E-state index contributed by atoms with van der Waals surface area (Å²) in [4.78, 5) is 22.7. The molecular formula is C12H14N6O3. The van der Waals surface area contributed by atoms with Gasteiger partial charge in [0.2, 0.25) is 5.91 Å². The second-order valence-electron chi connectivity index (χ2n) is 4.20. The average molecular weight is 290 g/mol. The molecule has 0 bridgehead atoms. The van der Waals surface area contributed by atoms with Crippen LogP contribution in [0.4, 0.5) is 4.79 Å². The molecule has 0 aliphatic carbocycles. The standard InChI is InChI=1S/C12H14N6O3/c13-10(19)6-9(11-15-17-18-16-11)14-12(20)21-7-8-4-2-1-3-5-8/h1-5,9H,6-7H2,(H2,13,19)(H,14,20)(H,15,16,17,18). The third kappa shape index (κ3) is 4.56. The molecule has 21 heavy (non-hydrogen) atoms. The zero-order valence-electron chi connectivity index (χ0n) is 11.0. The molecule has 4 N–H and O–H groups in total. The fourth-order valence-corrected chi connectivity index (χ4v) is 1.63. The van der Waals surface area contributed by atoms with Crippen LogP contribution < -0.4 is 11.1 Å². The Morgan fingerprint density at radius 1 is 1.33 bits per heavy atom. The molecule has 110 valence electrons. The van der Waals surface area contributed by atoms with Crippen molar-refractivity contribution in [2.45, 2.75) is 19.1 Å². The van der Waals surface area contributed by atoms with E-state index >= 15 is 0 Å². The van der Waals surface area contributed by atoms with E-state index in [4.69, 9.17) is 10.5 Å². The zero-order chi connectivity index (χ0) is 15.1. The van der Waals surface area contributed by atoms with E-state index in [0.717, 1.165) is 5.56 Å². The van der Waals surface area contributed by atoms with Crippen LogP contribution in [0.15, 0.2) is 30.3 Å². The summed E-state index contributed by atoms with van der Waals surface area (Å²) in [6.45, 7) is 0.113. The van der Waals surface area contributed by atoms with Crippen molar-refractivity contribution in [3.63, 3.8) is 0 Å². The summed E-state index contributed by atoms with van der Waals surface area (Å²) in [6, 6.07) is 8.41. The number of tetrazole rings is 1. The van der Waals surface area contributed by atoms with Crippen LogP contribution in [0.2, 0.25) is 0 Å². The number of nitrogens with two attached hydrogens (primary N) is 1. The van der Waals surface area contributed by atoms with Crippen LogP contribution in [0, 0.1) is 0 Å². The van der Waals surface area contributed by atoms with Gasteiger partial charge >= 0.3 is 6.09 Å². The van der Waals surface area contributed by atoms with Crippen molar-refractivity contribution >= 4 is 12.0 Å². The van der Waals surface area contributed by atoms with E-state index in [1.165, 1.54) is 0 Å². The number of aromatic nitrogens is 4. The maximum atomic E-state index is 11.7. The van der Waals surface area contributed by atoms with E-state index in [1.807, 2.05) is 30.3 Å². The Labute approximate surface area is 119 Å². The first-order chi connectivity index (χ1) is 10.1. The van der Waals surface area contributed by atoms with E-state index in [0.29, 0.717) is 0 Å². The first-order valence-corrected chi connectivity index (χ1v) is 6.14. The van der Waals surface area contributed by atoms with Crippen molar-refractivity contribution < 1.29 is 14.3 Å². The molecule has 2 aromatic rings. The number of primary amides is 1. The highest BCUT2D eigenvalue weighted by Crippen LogP contribution is 2.11. The van der Waals surface area contributed by atoms with Gasteiger partial charge in [0.15, 0.2) is 5.82 Å². The van der Waals surface area contributed by atoms with E-state index in [9.17, 15) is 9.59 Å². The van der Waals surface area contributed by atoms with E-state index in [-0.39, 0.29) is 18.9 Å². The van der Waals surface area contributed by atoms with Gasteiger partial charge in [0, 0.05) is 0 Å². The van der Waals surface area contributed by atoms with Crippen molar-refractivity contribution in [1.82, 2.24) is 25.9 Å². The van der Waals surface area contributed by atoms with Gasteiger partial charge in [-0.25, -0.2) is 4.79 Å². The quantitative estimate of drug-likeness (QED) is 0.687. The highest BCUT2D eigenvalue weighted by molar-refractivity contribution is 5.76. The Morgan fingerprint density at radius 2 is 2.10 bits per heavy atom. The molecule has 2 amide bonds. The van der Waals surface area contributed by atoms with Crippen molar-refractivity contribution in [1.29, 1.82) is 0 Å². The molecule has 1 unspecified atom stereocenters. The van der Waals surface area contributed by atoms with Crippen LogP contribution in [0.3, 0.4) is 0 Å². The summed E-state index contributed by atoms with van der Waals surface area (Å²) < 4.78 is 5.05. The van der Waals surface area contributed by atoms with Crippen LogP contribution >= 0.6 is 0 Å². The lowest BCUT2D eigenvalue weighted by atomic mass is 10.2. The Morgan fingerprint density at radius 3 is 2.71 bits per heavy atom. The zero-order valence-corrected chi connectivity index (χ0v) is 11.0. The topological polar surface area (TPSA) is 136 Å². The highest BCUT2D eigenvalue weighted by atomic mass is 16.5. The SMILES string of the molecule is NC(=O)CC(NC(=O)OCc1ccccc1)c1nn[nH]n1. The summed E-state index contributed by atoms with van der Waals surface area (Å²) in [6.07, 6.45) is -0.852. The summed E-state index contributed by atoms with van der Waals surface area (Å²) in [5.41, 5.74) is 5.97. The number of carbonyl (C=O) groups excluding carboxylic acids is 2. The molecule has 2 rings (SSSR count). The van der Waals surface area contributed by atoms with Gasteiger partial charge in [-0.05, 0) is 5.56 Å². The lowest BCUT2D eigenvalue weighted by Crippen LogP contribution is -2.32. The molecule has 1 aromatic heterocycles. The van der Waals surface area contributed by atoms with Crippen LogP contribution in [0.5, 0.6) is 0 Å². The van der Waals surface area contributed by atoms with Crippen LogP contribution in [-0.4, -0.2) is 32.6 Å². The minimum atomic E-state index is -0.787. The molecule has 0 spiro atoms. The van der Waals surface area contributed by atoms with Gasteiger partial charge in [-0.3, -0.25) is 4.79 Å². The Hall–Kier alpha value is -2.97.